The van der Waals surface area contributed by atoms with Crippen molar-refractivity contribution in [2.75, 3.05) is 18.4 Å². The Morgan fingerprint density at radius 3 is 2.42 bits per heavy atom. The van der Waals surface area contributed by atoms with E-state index in [1.807, 2.05) is 6.92 Å². The number of rotatable bonds is 9. The van der Waals surface area contributed by atoms with Gasteiger partial charge in [0.2, 0.25) is 0 Å². The van der Waals surface area contributed by atoms with Gasteiger partial charge in [-0.05, 0) is 67.1 Å². The lowest BCUT2D eigenvalue weighted by molar-refractivity contribution is 0.0950. The predicted octanol–water partition coefficient (Wildman–Crippen LogP) is 4.62. The molecule has 0 radical (unpaired) electrons. The zero-order valence-electron chi connectivity index (χ0n) is 17.9. The lowest BCUT2D eigenvalue weighted by atomic mass is 10.2. The molecule has 0 atom stereocenters. The minimum absolute atomic E-state index is 0.0366. The summed E-state index contributed by atoms with van der Waals surface area (Å²) in [6.45, 7) is 2.37. The van der Waals surface area contributed by atoms with E-state index in [0.29, 0.717) is 23.6 Å². The zero-order valence-corrected chi connectivity index (χ0v) is 19.5. The molecule has 0 aliphatic carbocycles. The van der Waals surface area contributed by atoms with Crippen LogP contribution in [0.3, 0.4) is 0 Å². The van der Waals surface area contributed by atoms with Crippen molar-refractivity contribution >= 4 is 33.2 Å². The summed E-state index contributed by atoms with van der Waals surface area (Å²) in [6.07, 6.45) is 0. The third-order valence-electron chi connectivity index (χ3n) is 4.57. The van der Waals surface area contributed by atoms with Gasteiger partial charge in [-0.2, -0.15) is 0 Å². The number of sulfonamides is 1. The summed E-state index contributed by atoms with van der Waals surface area (Å²) in [5.74, 6) is -0.392. The Kier molecular flexibility index (Phi) is 7.78. The van der Waals surface area contributed by atoms with E-state index in [-0.39, 0.29) is 27.8 Å². The third-order valence-corrected chi connectivity index (χ3v) is 6.43. The van der Waals surface area contributed by atoms with Gasteiger partial charge >= 0.3 is 0 Å². The molecule has 0 heterocycles. The third kappa shape index (κ3) is 6.15. The van der Waals surface area contributed by atoms with Crippen LogP contribution in [-0.4, -0.2) is 28.0 Å². The second-order valence-electron chi connectivity index (χ2n) is 6.86. The molecule has 7 nitrogen and oxygen atoms in total. The maximum atomic E-state index is 13.8. The van der Waals surface area contributed by atoms with Crippen molar-refractivity contribution in [3.05, 3.63) is 82.6 Å². The van der Waals surface area contributed by atoms with Crippen molar-refractivity contribution in [3.63, 3.8) is 0 Å². The summed E-state index contributed by atoms with van der Waals surface area (Å²) in [5.41, 5.74) is 0.909. The predicted molar refractivity (Wildman–Crippen MR) is 124 cm³/mol. The number of benzene rings is 3. The fourth-order valence-electron chi connectivity index (χ4n) is 2.95. The van der Waals surface area contributed by atoms with Crippen LogP contribution >= 0.6 is 11.6 Å². The number of ether oxygens (including phenoxy) is 2. The molecule has 0 spiro atoms. The number of carbonyl (C=O) groups excluding carboxylic acids is 1. The fourth-order valence-corrected chi connectivity index (χ4v) is 4.54. The summed E-state index contributed by atoms with van der Waals surface area (Å²) in [5, 5.41) is 2.59. The SMILES string of the molecule is CCOc1ccc(NS(=O)(=O)c2cc(C(=O)NCc3ccc(OC)c(F)c3)ccc2Cl)cc1. The Labute approximate surface area is 196 Å². The minimum atomic E-state index is -4.07. The highest BCUT2D eigenvalue weighted by atomic mass is 35.5. The lowest BCUT2D eigenvalue weighted by Crippen LogP contribution is -2.23. The van der Waals surface area contributed by atoms with Crippen molar-refractivity contribution in [1.29, 1.82) is 0 Å². The minimum Gasteiger partial charge on any atom is -0.494 e. The Hall–Kier alpha value is -3.30. The van der Waals surface area contributed by atoms with Gasteiger partial charge in [0, 0.05) is 17.8 Å². The molecular formula is C23H22ClFN2O5S. The lowest BCUT2D eigenvalue weighted by Gasteiger charge is -2.12. The molecule has 2 N–H and O–H groups in total. The number of nitrogens with one attached hydrogen (secondary N) is 2. The van der Waals surface area contributed by atoms with Crippen molar-refractivity contribution in [2.45, 2.75) is 18.4 Å². The number of amides is 1. The molecule has 3 aromatic rings. The molecule has 0 aromatic heterocycles. The molecule has 33 heavy (non-hydrogen) atoms. The zero-order chi connectivity index (χ0) is 24.0. The Balaban J connectivity index is 1.74. The van der Waals surface area contributed by atoms with Crippen LogP contribution in [0.5, 0.6) is 11.5 Å². The van der Waals surface area contributed by atoms with Gasteiger partial charge < -0.3 is 14.8 Å². The maximum Gasteiger partial charge on any atom is 0.263 e. The van der Waals surface area contributed by atoms with Gasteiger partial charge in [0.05, 0.1) is 18.7 Å². The van der Waals surface area contributed by atoms with E-state index in [4.69, 9.17) is 21.1 Å². The number of methoxy groups -OCH3 is 1. The molecule has 10 heteroatoms. The molecule has 0 saturated carbocycles. The first-order valence-electron chi connectivity index (χ1n) is 9.89. The molecule has 0 saturated heterocycles. The van der Waals surface area contributed by atoms with Crippen LogP contribution < -0.4 is 19.5 Å². The van der Waals surface area contributed by atoms with Gasteiger partial charge in [0.1, 0.15) is 10.6 Å². The topological polar surface area (TPSA) is 93.7 Å². The van der Waals surface area contributed by atoms with E-state index in [2.05, 4.69) is 10.0 Å². The molecule has 3 rings (SSSR count). The van der Waals surface area contributed by atoms with Gasteiger partial charge in [-0.1, -0.05) is 17.7 Å². The summed E-state index contributed by atoms with van der Waals surface area (Å²) in [6, 6.07) is 14.6. The Morgan fingerprint density at radius 1 is 1.06 bits per heavy atom. The van der Waals surface area contributed by atoms with Gasteiger partial charge in [-0.15, -0.1) is 0 Å². The van der Waals surface area contributed by atoms with E-state index >= 15 is 0 Å². The van der Waals surface area contributed by atoms with E-state index in [0.717, 1.165) is 0 Å². The summed E-state index contributed by atoms with van der Waals surface area (Å²) in [7, 11) is -2.71. The number of hydrogen-bond acceptors (Lipinski definition) is 5. The van der Waals surface area contributed by atoms with Crippen LogP contribution in [0.4, 0.5) is 10.1 Å². The Bertz CT molecular complexity index is 1250. The van der Waals surface area contributed by atoms with Crippen molar-refractivity contribution in [2.24, 2.45) is 0 Å². The van der Waals surface area contributed by atoms with E-state index in [9.17, 15) is 17.6 Å². The summed E-state index contributed by atoms with van der Waals surface area (Å²) >= 11 is 6.11. The fraction of sp³-hybridized carbons (Fsp3) is 0.174. The monoisotopic (exact) mass is 492 g/mol. The molecule has 0 aliphatic rings. The molecule has 0 aliphatic heterocycles. The molecule has 3 aromatic carbocycles. The van der Waals surface area contributed by atoms with Crippen LogP contribution in [0.1, 0.15) is 22.8 Å². The molecule has 0 bridgehead atoms. The highest BCUT2D eigenvalue weighted by molar-refractivity contribution is 7.92. The van der Waals surface area contributed by atoms with Crippen LogP contribution in [0.25, 0.3) is 0 Å². The highest BCUT2D eigenvalue weighted by Gasteiger charge is 2.20. The van der Waals surface area contributed by atoms with Gasteiger partial charge in [-0.3, -0.25) is 9.52 Å². The number of anilines is 1. The summed E-state index contributed by atoms with van der Waals surface area (Å²) < 4.78 is 52.2. The average Bonchev–Trinajstić information content (AvgIpc) is 2.79. The normalized spacial score (nSPS) is 11.0. The summed E-state index contributed by atoms with van der Waals surface area (Å²) in [4.78, 5) is 12.3. The Morgan fingerprint density at radius 2 is 1.79 bits per heavy atom. The number of carbonyl (C=O) groups is 1. The first-order valence-corrected chi connectivity index (χ1v) is 11.8. The van der Waals surface area contributed by atoms with Gasteiger partial charge in [0.15, 0.2) is 11.6 Å². The standard InChI is InChI=1S/C23H22ClFN2O5S/c1-3-32-18-8-6-17(7-9-18)27-33(29,30)22-13-16(5-10-19(22)24)23(28)26-14-15-4-11-21(31-2)20(25)12-15/h4-13,27H,3,14H2,1-2H3,(H,26,28). The molecular weight excluding hydrogens is 471 g/mol. The number of hydrogen-bond donors (Lipinski definition) is 2. The second kappa shape index (κ2) is 10.5. The van der Waals surface area contributed by atoms with Crippen LogP contribution in [0, 0.1) is 5.82 Å². The van der Waals surface area contributed by atoms with Gasteiger partial charge in [-0.25, -0.2) is 12.8 Å². The van der Waals surface area contributed by atoms with E-state index in [1.165, 1.54) is 37.4 Å². The molecule has 0 unspecified atom stereocenters. The molecule has 0 fully saturated rings. The smallest absolute Gasteiger partial charge is 0.263 e. The molecule has 174 valence electrons. The van der Waals surface area contributed by atoms with Crippen LogP contribution in [-0.2, 0) is 16.6 Å². The van der Waals surface area contributed by atoms with Crippen LogP contribution in [0.15, 0.2) is 65.6 Å². The van der Waals surface area contributed by atoms with Crippen molar-refractivity contribution in [3.8, 4) is 11.5 Å². The average molecular weight is 493 g/mol. The van der Waals surface area contributed by atoms with Crippen molar-refractivity contribution in [1.82, 2.24) is 5.32 Å². The first kappa shape index (κ1) is 24.3. The second-order valence-corrected chi connectivity index (χ2v) is 8.92. The number of halogens is 2. The van der Waals surface area contributed by atoms with Gasteiger partial charge in [0.25, 0.3) is 15.9 Å². The largest absolute Gasteiger partial charge is 0.494 e. The van der Waals surface area contributed by atoms with E-state index < -0.39 is 21.7 Å². The molecule has 1 amide bonds. The quantitative estimate of drug-likeness (QED) is 0.454. The van der Waals surface area contributed by atoms with E-state index in [1.54, 1.807) is 30.3 Å². The van der Waals surface area contributed by atoms with Crippen LogP contribution in [0.2, 0.25) is 5.02 Å². The highest BCUT2D eigenvalue weighted by Crippen LogP contribution is 2.26. The van der Waals surface area contributed by atoms with Crippen molar-refractivity contribution < 1.29 is 27.1 Å². The maximum absolute atomic E-state index is 13.8. The first-order chi connectivity index (χ1) is 15.7.